The summed E-state index contributed by atoms with van der Waals surface area (Å²) in [5.41, 5.74) is 2.58. The zero-order valence-corrected chi connectivity index (χ0v) is 13.9. The summed E-state index contributed by atoms with van der Waals surface area (Å²) in [5, 5.41) is 0. The van der Waals surface area contributed by atoms with Crippen LogP contribution in [-0.2, 0) is 4.43 Å². The second kappa shape index (κ2) is 6.85. The molecule has 0 N–H and O–H groups in total. The van der Waals surface area contributed by atoms with Gasteiger partial charge in [0.05, 0.1) is 18.2 Å². The van der Waals surface area contributed by atoms with Crippen LogP contribution < -0.4 is 0 Å². The van der Waals surface area contributed by atoms with Crippen LogP contribution in [0.4, 0.5) is 0 Å². The Kier molecular flexibility index (Phi) is 5.73. The van der Waals surface area contributed by atoms with Gasteiger partial charge in [-0.25, -0.2) is 0 Å². The number of aromatic nitrogens is 2. The summed E-state index contributed by atoms with van der Waals surface area (Å²) >= 11 is 0. The Balaban J connectivity index is 2.88. The molecule has 4 heteroatoms. The Morgan fingerprint density at radius 3 is 2.00 bits per heavy atom. The minimum absolute atomic E-state index is 0.582. The van der Waals surface area contributed by atoms with E-state index in [1.165, 1.54) is 0 Å². The fraction of sp³-hybridized carbons (Fsp3) is 0.600. The van der Waals surface area contributed by atoms with Gasteiger partial charge in [0.2, 0.25) is 0 Å². The molecule has 0 radical (unpaired) electrons. The molecule has 0 atom stereocenters. The van der Waals surface area contributed by atoms with Crippen LogP contribution in [0.15, 0.2) is 24.9 Å². The second-order valence-electron chi connectivity index (χ2n) is 5.87. The van der Waals surface area contributed by atoms with Gasteiger partial charge in [0.1, 0.15) is 0 Å². The van der Waals surface area contributed by atoms with E-state index in [0.717, 1.165) is 5.69 Å². The molecule has 1 aromatic heterocycles. The van der Waals surface area contributed by atoms with Crippen LogP contribution in [0.1, 0.15) is 47.2 Å². The third-order valence-corrected chi connectivity index (χ3v) is 9.76. The molecular formula is C15H26N2OSi. The number of nitrogens with zero attached hydrogens (tertiary/aromatic N) is 2. The van der Waals surface area contributed by atoms with Gasteiger partial charge in [-0.2, -0.15) is 0 Å². The Hall–Kier alpha value is -1.16. The highest BCUT2D eigenvalue weighted by atomic mass is 28.4. The number of hydrogen-bond donors (Lipinski definition) is 0. The molecule has 0 amide bonds. The van der Waals surface area contributed by atoms with Crippen molar-refractivity contribution in [2.75, 3.05) is 0 Å². The van der Waals surface area contributed by atoms with Gasteiger partial charge >= 0.3 is 0 Å². The topological polar surface area (TPSA) is 35.0 Å². The lowest BCUT2D eigenvalue weighted by Crippen LogP contribution is -2.46. The smallest absolute Gasteiger partial charge is 0.257 e. The molecule has 0 aliphatic heterocycles. The van der Waals surface area contributed by atoms with Gasteiger partial charge in [0.25, 0.3) is 8.32 Å². The molecule has 0 bridgehead atoms. The summed E-state index contributed by atoms with van der Waals surface area (Å²) in [5.74, 6) is 0. The van der Waals surface area contributed by atoms with Crippen LogP contribution in [0, 0.1) is 0 Å². The summed E-state index contributed by atoms with van der Waals surface area (Å²) < 4.78 is 6.31. The van der Waals surface area contributed by atoms with Crippen LogP contribution in [0.25, 0.3) is 6.08 Å². The maximum absolute atomic E-state index is 6.31. The zero-order valence-electron chi connectivity index (χ0n) is 12.9. The molecule has 106 valence electrons. The molecule has 0 unspecified atom stereocenters. The van der Waals surface area contributed by atoms with Gasteiger partial charge in [0.15, 0.2) is 0 Å². The minimum atomic E-state index is -1.82. The SMILES string of the molecule is CC(C)[Si](OC=Cc1cnccn1)(C(C)C)C(C)C. The molecule has 3 nitrogen and oxygen atoms in total. The predicted octanol–water partition coefficient (Wildman–Crippen LogP) is 4.64. The first-order valence-corrected chi connectivity index (χ1v) is 9.15. The highest BCUT2D eigenvalue weighted by Crippen LogP contribution is 2.42. The average molecular weight is 278 g/mol. The average Bonchev–Trinajstić information content (AvgIpc) is 2.34. The van der Waals surface area contributed by atoms with Crippen molar-refractivity contribution in [1.82, 2.24) is 9.97 Å². The Labute approximate surface area is 118 Å². The maximum Gasteiger partial charge on any atom is 0.257 e. The quantitative estimate of drug-likeness (QED) is 0.561. The summed E-state index contributed by atoms with van der Waals surface area (Å²) in [6, 6.07) is 0. The van der Waals surface area contributed by atoms with Gasteiger partial charge in [0, 0.05) is 12.4 Å². The summed E-state index contributed by atoms with van der Waals surface area (Å²) in [4.78, 5) is 8.27. The van der Waals surface area contributed by atoms with Gasteiger partial charge in [-0.05, 0) is 22.7 Å². The van der Waals surface area contributed by atoms with Crippen molar-refractivity contribution in [2.45, 2.75) is 58.2 Å². The zero-order chi connectivity index (χ0) is 14.5. The molecule has 0 fully saturated rings. The first-order chi connectivity index (χ1) is 8.91. The normalized spacial score (nSPS) is 12.9. The lowest BCUT2D eigenvalue weighted by molar-refractivity contribution is 0.419. The lowest BCUT2D eigenvalue weighted by Gasteiger charge is -2.41. The molecule has 1 rings (SSSR count). The second-order valence-corrected chi connectivity index (χ2v) is 11.3. The molecule has 0 aromatic carbocycles. The van der Waals surface area contributed by atoms with E-state index in [1.807, 2.05) is 12.3 Å². The van der Waals surface area contributed by atoms with E-state index in [2.05, 4.69) is 51.5 Å². The lowest BCUT2D eigenvalue weighted by atomic mass is 10.4. The number of hydrogen-bond acceptors (Lipinski definition) is 3. The van der Waals surface area contributed by atoms with Crippen LogP contribution in [0.2, 0.25) is 16.6 Å². The van der Waals surface area contributed by atoms with E-state index in [1.54, 1.807) is 18.6 Å². The maximum atomic E-state index is 6.31. The summed E-state index contributed by atoms with van der Waals surface area (Å²) in [7, 11) is -1.82. The molecule has 0 spiro atoms. The molecule has 1 heterocycles. The Morgan fingerprint density at radius 1 is 1.00 bits per heavy atom. The van der Waals surface area contributed by atoms with Crippen LogP contribution in [0.3, 0.4) is 0 Å². The van der Waals surface area contributed by atoms with Crippen LogP contribution >= 0.6 is 0 Å². The minimum Gasteiger partial charge on any atom is -0.548 e. The largest absolute Gasteiger partial charge is 0.548 e. The predicted molar refractivity (Wildman–Crippen MR) is 83.2 cm³/mol. The van der Waals surface area contributed by atoms with E-state index < -0.39 is 8.32 Å². The summed E-state index contributed by atoms with van der Waals surface area (Å²) in [6.45, 7) is 13.7. The monoisotopic (exact) mass is 278 g/mol. The highest BCUT2D eigenvalue weighted by Gasteiger charge is 2.46. The third kappa shape index (κ3) is 3.66. The number of rotatable bonds is 6. The third-order valence-electron chi connectivity index (χ3n) is 3.80. The van der Waals surface area contributed by atoms with Crippen molar-refractivity contribution in [2.24, 2.45) is 0 Å². The van der Waals surface area contributed by atoms with E-state index >= 15 is 0 Å². The Morgan fingerprint density at radius 2 is 1.58 bits per heavy atom. The molecule has 0 saturated carbocycles. The van der Waals surface area contributed by atoms with Crippen LogP contribution in [0.5, 0.6) is 0 Å². The van der Waals surface area contributed by atoms with E-state index in [0.29, 0.717) is 16.6 Å². The molecular weight excluding hydrogens is 252 g/mol. The highest BCUT2D eigenvalue weighted by molar-refractivity contribution is 6.77. The van der Waals surface area contributed by atoms with Gasteiger partial charge in [-0.15, -0.1) is 0 Å². The first kappa shape index (κ1) is 15.9. The van der Waals surface area contributed by atoms with Crippen molar-refractivity contribution < 1.29 is 4.43 Å². The van der Waals surface area contributed by atoms with Gasteiger partial charge in [-0.1, -0.05) is 41.5 Å². The Bertz CT molecular complexity index is 380. The molecule has 0 aliphatic rings. The van der Waals surface area contributed by atoms with Crippen molar-refractivity contribution in [3.63, 3.8) is 0 Å². The van der Waals surface area contributed by atoms with E-state index in [-0.39, 0.29) is 0 Å². The van der Waals surface area contributed by atoms with Crippen molar-refractivity contribution in [3.05, 3.63) is 30.5 Å². The molecule has 19 heavy (non-hydrogen) atoms. The van der Waals surface area contributed by atoms with Crippen molar-refractivity contribution in [1.29, 1.82) is 0 Å². The summed E-state index contributed by atoms with van der Waals surface area (Å²) in [6.07, 6.45) is 8.84. The standard InChI is InChI=1S/C15H26N2OSi/c1-12(2)19(13(3)4,14(5)6)18-10-7-15-11-16-8-9-17-15/h7-14H,1-6H3. The van der Waals surface area contributed by atoms with Crippen molar-refractivity contribution in [3.8, 4) is 0 Å². The molecule has 0 aliphatic carbocycles. The van der Waals surface area contributed by atoms with Crippen LogP contribution in [-0.4, -0.2) is 18.3 Å². The van der Waals surface area contributed by atoms with Gasteiger partial charge < -0.3 is 4.43 Å². The van der Waals surface area contributed by atoms with Gasteiger partial charge in [-0.3, -0.25) is 9.97 Å². The first-order valence-electron chi connectivity index (χ1n) is 7.01. The molecule has 0 saturated heterocycles. The van der Waals surface area contributed by atoms with Crippen molar-refractivity contribution >= 4 is 14.4 Å². The van der Waals surface area contributed by atoms with E-state index in [9.17, 15) is 0 Å². The fourth-order valence-electron chi connectivity index (χ4n) is 3.03. The fourth-order valence-corrected chi connectivity index (χ4v) is 8.15. The molecule has 1 aromatic rings. The van der Waals surface area contributed by atoms with E-state index in [4.69, 9.17) is 4.43 Å².